The Balaban J connectivity index is 1.64. The highest BCUT2D eigenvalue weighted by Gasteiger charge is 2.25. The molecular formula is C22H27F2N3O2. The molecule has 1 aromatic carbocycles. The number of nitrogens with one attached hydrogen (secondary N) is 1. The van der Waals surface area contributed by atoms with Crippen molar-refractivity contribution in [3.63, 3.8) is 0 Å². The summed E-state index contributed by atoms with van der Waals surface area (Å²) in [6, 6.07) is 7.97. The molecule has 1 N–H and O–H groups in total. The van der Waals surface area contributed by atoms with Gasteiger partial charge in [-0.15, -0.1) is 0 Å². The van der Waals surface area contributed by atoms with Crippen LogP contribution in [-0.2, 0) is 11.2 Å². The molecule has 2 saturated heterocycles. The lowest BCUT2D eigenvalue weighted by molar-refractivity contribution is 0.122. The maximum atomic E-state index is 14.3. The molecule has 1 aromatic heterocycles. The van der Waals surface area contributed by atoms with Gasteiger partial charge in [-0.3, -0.25) is 4.79 Å². The standard InChI is InChI=1S/C22H27F2N3O2/c23-19-7-4-5-16(22(19)24)13-17-6-2-1-3-8-27(17)20-14-18(15-21(28)25-20)26-9-11-29-12-10-26/h4-5,7,14-15,17H,1-3,6,8-13H2,(H,25,28)/t17-/m0/s1. The van der Waals surface area contributed by atoms with Gasteiger partial charge in [0.05, 0.1) is 13.2 Å². The van der Waals surface area contributed by atoms with E-state index in [0.717, 1.165) is 62.9 Å². The van der Waals surface area contributed by atoms with Gasteiger partial charge >= 0.3 is 0 Å². The fourth-order valence-electron chi connectivity index (χ4n) is 4.34. The number of morpholine rings is 1. The Morgan fingerprint density at radius 1 is 1.07 bits per heavy atom. The van der Waals surface area contributed by atoms with Crippen LogP contribution in [0.3, 0.4) is 0 Å². The second kappa shape index (κ2) is 8.95. The van der Waals surface area contributed by atoms with Gasteiger partial charge in [0.2, 0.25) is 0 Å². The van der Waals surface area contributed by atoms with E-state index in [0.29, 0.717) is 25.2 Å². The minimum Gasteiger partial charge on any atom is -0.378 e. The molecule has 3 heterocycles. The minimum absolute atomic E-state index is 0.00406. The Bertz CT molecular complexity index is 896. The molecule has 29 heavy (non-hydrogen) atoms. The first-order chi connectivity index (χ1) is 14.1. The summed E-state index contributed by atoms with van der Waals surface area (Å²) in [7, 11) is 0. The Kier molecular flexibility index (Phi) is 6.13. The molecule has 5 nitrogen and oxygen atoms in total. The molecule has 2 aromatic rings. The number of H-pyrrole nitrogens is 1. The van der Waals surface area contributed by atoms with Gasteiger partial charge in [0.25, 0.3) is 5.56 Å². The third-order valence-corrected chi connectivity index (χ3v) is 5.86. The van der Waals surface area contributed by atoms with Crippen LogP contribution in [0.5, 0.6) is 0 Å². The topological polar surface area (TPSA) is 48.6 Å². The van der Waals surface area contributed by atoms with E-state index in [-0.39, 0.29) is 11.6 Å². The number of pyridine rings is 1. The molecule has 0 bridgehead atoms. The number of anilines is 2. The van der Waals surface area contributed by atoms with Crippen LogP contribution in [0.25, 0.3) is 0 Å². The summed E-state index contributed by atoms with van der Waals surface area (Å²) in [5.41, 5.74) is 1.12. The Morgan fingerprint density at radius 2 is 1.90 bits per heavy atom. The lowest BCUT2D eigenvalue weighted by Gasteiger charge is -2.34. The molecule has 0 amide bonds. The average Bonchev–Trinajstić information content (AvgIpc) is 2.97. The van der Waals surface area contributed by atoms with E-state index in [1.807, 2.05) is 6.07 Å². The van der Waals surface area contributed by atoms with E-state index in [1.54, 1.807) is 18.2 Å². The summed E-state index contributed by atoms with van der Waals surface area (Å²) >= 11 is 0. The number of rotatable bonds is 4. The SMILES string of the molecule is O=c1cc(N2CCOCC2)cc(N2CCCCC[C@H]2Cc2cccc(F)c2F)[nH]1. The summed E-state index contributed by atoms with van der Waals surface area (Å²) < 4.78 is 33.4. The Morgan fingerprint density at radius 3 is 2.72 bits per heavy atom. The van der Waals surface area contributed by atoms with Crippen molar-refractivity contribution in [3.05, 3.63) is 57.9 Å². The van der Waals surface area contributed by atoms with Crippen LogP contribution < -0.4 is 15.4 Å². The number of halogens is 2. The monoisotopic (exact) mass is 403 g/mol. The van der Waals surface area contributed by atoms with Crippen LogP contribution in [0.4, 0.5) is 20.3 Å². The lowest BCUT2D eigenvalue weighted by Crippen LogP contribution is -2.39. The van der Waals surface area contributed by atoms with E-state index in [4.69, 9.17) is 4.74 Å². The number of aromatic amines is 1. The third kappa shape index (κ3) is 4.61. The van der Waals surface area contributed by atoms with Gasteiger partial charge in [-0.1, -0.05) is 25.0 Å². The highest BCUT2D eigenvalue weighted by Crippen LogP contribution is 2.28. The van der Waals surface area contributed by atoms with Crippen LogP contribution in [0, 0.1) is 11.6 Å². The molecule has 7 heteroatoms. The minimum atomic E-state index is -0.814. The number of benzene rings is 1. The first-order valence-electron chi connectivity index (χ1n) is 10.4. The maximum absolute atomic E-state index is 14.3. The zero-order chi connectivity index (χ0) is 20.2. The summed E-state index contributed by atoms with van der Waals surface area (Å²) in [5, 5.41) is 0. The molecule has 0 unspecified atom stereocenters. The molecule has 0 spiro atoms. The van der Waals surface area contributed by atoms with Crippen LogP contribution in [0.2, 0.25) is 0 Å². The van der Waals surface area contributed by atoms with Crippen molar-refractivity contribution < 1.29 is 13.5 Å². The average molecular weight is 403 g/mol. The molecule has 1 atom stereocenters. The normalized spacial score (nSPS) is 20.6. The Hall–Kier alpha value is -2.41. The van der Waals surface area contributed by atoms with E-state index in [9.17, 15) is 13.6 Å². The maximum Gasteiger partial charge on any atom is 0.251 e. The second-order valence-corrected chi connectivity index (χ2v) is 7.80. The van der Waals surface area contributed by atoms with Gasteiger partial charge in [-0.05, 0) is 30.9 Å². The summed E-state index contributed by atoms with van der Waals surface area (Å²) in [6.07, 6.45) is 4.41. The first-order valence-corrected chi connectivity index (χ1v) is 10.4. The van der Waals surface area contributed by atoms with Crippen molar-refractivity contribution >= 4 is 11.5 Å². The van der Waals surface area contributed by atoms with Crippen LogP contribution in [-0.4, -0.2) is 43.9 Å². The third-order valence-electron chi connectivity index (χ3n) is 5.86. The van der Waals surface area contributed by atoms with E-state index in [1.165, 1.54) is 0 Å². The van der Waals surface area contributed by atoms with Crippen molar-refractivity contribution in [2.75, 3.05) is 42.6 Å². The second-order valence-electron chi connectivity index (χ2n) is 7.80. The zero-order valence-corrected chi connectivity index (χ0v) is 16.5. The molecular weight excluding hydrogens is 376 g/mol. The lowest BCUT2D eigenvalue weighted by atomic mass is 10.00. The number of hydrogen-bond donors (Lipinski definition) is 1. The van der Waals surface area contributed by atoms with Crippen molar-refractivity contribution in [2.24, 2.45) is 0 Å². The van der Waals surface area contributed by atoms with E-state index in [2.05, 4.69) is 14.8 Å². The summed E-state index contributed by atoms with van der Waals surface area (Å²) in [6.45, 7) is 3.58. The number of hydrogen-bond acceptors (Lipinski definition) is 4. The molecule has 2 aliphatic heterocycles. The molecule has 2 aliphatic rings. The smallest absolute Gasteiger partial charge is 0.251 e. The van der Waals surface area contributed by atoms with Crippen molar-refractivity contribution in [1.82, 2.24) is 4.98 Å². The van der Waals surface area contributed by atoms with Gasteiger partial charge in [-0.25, -0.2) is 8.78 Å². The fourth-order valence-corrected chi connectivity index (χ4v) is 4.34. The van der Waals surface area contributed by atoms with Gasteiger partial charge in [0, 0.05) is 43.5 Å². The highest BCUT2D eigenvalue weighted by molar-refractivity contribution is 5.56. The van der Waals surface area contributed by atoms with Gasteiger partial charge < -0.3 is 19.5 Å². The Labute approximate surface area is 169 Å². The fraction of sp³-hybridized carbons (Fsp3) is 0.500. The number of aromatic nitrogens is 1. The number of ether oxygens (including phenoxy) is 1. The van der Waals surface area contributed by atoms with Gasteiger partial charge in [-0.2, -0.15) is 0 Å². The molecule has 156 valence electrons. The van der Waals surface area contributed by atoms with Crippen LogP contribution in [0.15, 0.2) is 35.1 Å². The highest BCUT2D eigenvalue weighted by atomic mass is 19.2. The molecule has 0 radical (unpaired) electrons. The molecule has 4 rings (SSSR count). The number of nitrogens with zero attached hydrogens (tertiary/aromatic N) is 2. The molecule has 0 aliphatic carbocycles. The van der Waals surface area contributed by atoms with Crippen LogP contribution >= 0.6 is 0 Å². The quantitative estimate of drug-likeness (QED) is 0.849. The summed E-state index contributed by atoms with van der Waals surface area (Å²) in [4.78, 5) is 19.7. The van der Waals surface area contributed by atoms with Crippen molar-refractivity contribution in [1.29, 1.82) is 0 Å². The van der Waals surface area contributed by atoms with Crippen LogP contribution in [0.1, 0.15) is 31.2 Å². The zero-order valence-electron chi connectivity index (χ0n) is 16.5. The van der Waals surface area contributed by atoms with E-state index >= 15 is 0 Å². The van der Waals surface area contributed by atoms with Gasteiger partial charge in [0.15, 0.2) is 11.6 Å². The predicted molar refractivity (Wildman–Crippen MR) is 110 cm³/mol. The first kappa shape index (κ1) is 19.9. The summed E-state index contributed by atoms with van der Waals surface area (Å²) in [5.74, 6) is -0.833. The van der Waals surface area contributed by atoms with Crippen molar-refractivity contribution in [2.45, 2.75) is 38.1 Å². The molecule has 0 saturated carbocycles. The molecule has 2 fully saturated rings. The van der Waals surface area contributed by atoms with E-state index < -0.39 is 11.6 Å². The predicted octanol–water partition coefficient (Wildman–Crippen LogP) is 3.48. The largest absolute Gasteiger partial charge is 0.378 e. The van der Waals surface area contributed by atoms with Crippen molar-refractivity contribution in [3.8, 4) is 0 Å². The van der Waals surface area contributed by atoms with Gasteiger partial charge in [0.1, 0.15) is 5.82 Å².